The van der Waals surface area contributed by atoms with E-state index in [1.807, 2.05) is 55.5 Å². The van der Waals surface area contributed by atoms with Gasteiger partial charge in [-0.1, -0.05) is 0 Å². The number of carbonyl (C=O) groups is 1. The summed E-state index contributed by atoms with van der Waals surface area (Å²) in [6, 6.07) is 3.85. The van der Waals surface area contributed by atoms with E-state index in [-0.39, 0.29) is 11.9 Å². The minimum absolute atomic E-state index is 0.0455. The molecule has 22 heavy (non-hydrogen) atoms. The number of carbonyl (C=O) groups excluding carboxylic acids is 1. The lowest BCUT2D eigenvalue weighted by Gasteiger charge is -2.24. The summed E-state index contributed by atoms with van der Waals surface area (Å²) in [5, 5.41) is 4.22. The lowest BCUT2D eigenvalue weighted by molar-refractivity contribution is 0.0735. The van der Waals surface area contributed by atoms with Crippen molar-refractivity contribution in [3.8, 4) is 0 Å². The molecule has 0 spiro atoms. The molecule has 0 radical (unpaired) electrons. The molecule has 0 aromatic carbocycles. The molecule has 2 aromatic heterocycles. The summed E-state index contributed by atoms with van der Waals surface area (Å²) in [6.45, 7) is 0.786. The largest absolute Gasteiger partial charge is 0.363 e. The van der Waals surface area contributed by atoms with Crippen molar-refractivity contribution in [2.24, 2.45) is 7.05 Å². The number of hydrogen-bond acceptors (Lipinski definition) is 4. The van der Waals surface area contributed by atoms with Crippen LogP contribution >= 0.6 is 0 Å². The monoisotopic (exact) mass is 299 g/mol. The zero-order valence-electron chi connectivity index (χ0n) is 13.2. The van der Waals surface area contributed by atoms with Gasteiger partial charge in [-0.15, -0.1) is 0 Å². The van der Waals surface area contributed by atoms with Crippen molar-refractivity contribution in [3.63, 3.8) is 0 Å². The van der Waals surface area contributed by atoms with E-state index in [4.69, 9.17) is 0 Å². The van der Waals surface area contributed by atoms with Gasteiger partial charge in [0.25, 0.3) is 5.91 Å². The lowest BCUT2D eigenvalue weighted by atomic mass is 10.1. The highest BCUT2D eigenvalue weighted by molar-refractivity contribution is 5.94. The minimum Gasteiger partial charge on any atom is -0.363 e. The highest BCUT2D eigenvalue weighted by atomic mass is 16.2. The molecule has 1 atom stereocenters. The number of aromatic nitrogens is 3. The average Bonchev–Trinajstić information content (AvgIpc) is 3.15. The first-order valence-corrected chi connectivity index (χ1v) is 7.49. The van der Waals surface area contributed by atoms with Crippen molar-refractivity contribution in [2.45, 2.75) is 18.9 Å². The SMILES string of the molecule is CN(C)c1ccc(C(=O)N2CCC[C@H]2c2cnn(C)c2)cn1. The lowest BCUT2D eigenvalue weighted by Crippen LogP contribution is -2.30. The summed E-state index contributed by atoms with van der Waals surface area (Å²) in [7, 11) is 5.76. The van der Waals surface area contributed by atoms with Crippen LogP contribution in [0.2, 0.25) is 0 Å². The topological polar surface area (TPSA) is 54.3 Å². The number of pyridine rings is 1. The summed E-state index contributed by atoms with van der Waals surface area (Å²) in [5.74, 6) is 0.894. The molecule has 1 fully saturated rings. The van der Waals surface area contributed by atoms with Crippen LogP contribution in [0.4, 0.5) is 5.82 Å². The minimum atomic E-state index is 0.0455. The molecule has 0 unspecified atom stereocenters. The first-order chi connectivity index (χ1) is 10.6. The Balaban J connectivity index is 1.81. The fourth-order valence-corrected chi connectivity index (χ4v) is 2.91. The standard InChI is InChI=1S/C16H21N5O/c1-19(2)15-7-6-12(9-17-15)16(22)21-8-4-5-14(21)13-10-18-20(3)11-13/h6-7,9-11,14H,4-5,8H2,1-3H3/t14-/m0/s1. The molecule has 0 bridgehead atoms. The molecular formula is C16H21N5O. The summed E-state index contributed by atoms with van der Waals surface area (Å²) in [6.07, 6.45) is 7.51. The van der Waals surface area contributed by atoms with Crippen LogP contribution in [0.3, 0.4) is 0 Å². The Morgan fingerprint density at radius 2 is 2.14 bits per heavy atom. The van der Waals surface area contributed by atoms with Crippen molar-refractivity contribution in [3.05, 3.63) is 41.9 Å². The Morgan fingerprint density at radius 1 is 1.32 bits per heavy atom. The first kappa shape index (κ1) is 14.6. The Morgan fingerprint density at radius 3 is 2.73 bits per heavy atom. The predicted octanol–water partition coefficient (Wildman–Crippen LogP) is 1.86. The average molecular weight is 299 g/mol. The summed E-state index contributed by atoms with van der Waals surface area (Å²) >= 11 is 0. The van der Waals surface area contributed by atoms with Crippen molar-refractivity contribution < 1.29 is 4.79 Å². The number of anilines is 1. The van der Waals surface area contributed by atoms with E-state index >= 15 is 0 Å². The smallest absolute Gasteiger partial charge is 0.255 e. The number of nitrogens with zero attached hydrogens (tertiary/aromatic N) is 5. The molecule has 116 valence electrons. The second kappa shape index (κ2) is 5.79. The molecule has 1 saturated heterocycles. The molecule has 1 amide bonds. The molecule has 2 aromatic rings. The molecular weight excluding hydrogens is 278 g/mol. The van der Waals surface area contributed by atoms with Gasteiger partial charge in [0.2, 0.25) is 0 Å². The van der Waals surface area contributed by atoms with Crippen LogP contribution in [0.15, 0.2) is 30.7 Å². The van der Waals surface area contributed by atoms with E-state index in [1.165, 1.54) is 0 Å². The van der Waals surface area contributed by atoms with E-state index in [1.54, 1.807) is 10.9 Å². The van der Waals surface area contributed by atoms with Crippen LogP contribution in [-0.4, -0.2) is 46.2 Å². The maximum Gasteiger partial charge on any atom is 0.255 e. The second-order valence-corrected chi connectivity index (χ2v) is 5.90. The van der Waals surface area contributed by atoms with Crippen LogP contribution < -0.4 is 4.90 Å². The summed E-state index contributed by atoms with van der Waals surface area (Å²) in [5.41, 5.74) is 1.74. The van der Waals surface area contributed by atoms with Crippen LogP contribution in [0.5, 0.6) is 0 Å². The number of amides is 1. The number of hydrogen-bond donors (Lipinski definition) is 0. The van der Waals surface area contributed by atoms with E-state index in [9.17, 15) is 4.79 Å². The summed E-state index contributed by atoms with van der Waals surface area (Å²) < 4.78 is 1.78. The van der Waals surface area contributed by atoms with Gasteiger partial charge in [-0.25, -0.2) is 4.98 Å². The molecule has 1 aliphatic rings. The molecule has 6 nitrogen and oxygen atoms in total. The molecule has 3 rings (SSSR count). The van der Waals surface area contributed by atoms with Crippen LogP contribution in [0.1, 0.15) is 34.8 Å². The van der Waals surface area contributed by atoms with Crippen molar-refractivity contribution in [1.82, 2.24) is 19.7 Å². The molecule has 0 saturated carbocycles. The van der Waals surface area contributed by atoms with Crippen LogP contribution in [0.25, 0.3) is 0 Å². The number of rotatable bonds is 3. The van der Waals surface area contributed by atoms with E-state index in [0.29, 0.717) is 5.56 Å². The fraction of sp³-hybridized carbons (Fsp3) is 0.438. The zero-order chi connectivity index (χ0) is 15.7. The maximum absolute atomic E-state index is 12.8. The van der Waals surface area contributed by atoms with Gasteiger partial charge in [0, 0.05) is 45.6 Å². The van der Waals surface area contributed by atoms with Gasteiger partial charge >= 0.3 is 0 Å². The molecule has 0 N–H and O–H groups in total. The number of aryl methyl sites for hydroxylation is 1. The van der Waals surface area contributed by atoms with Gasteiger partial charge < -0.3 is 9.80 Å². The fourth-order valence-electron chi connectivity index (χ4n) is 2.91. The molecule has 1 aliphatic heterocycles. The summed E-state index contributed by atoms with van der Waals surface area (Å²) in [4.78, 5) is 21.0. The third-order valence-electron chi connectivity index (χ3n) is 4.08. The van der Waals surface area contributed by atoms with E-state index in [0.717, 1.165) is 30.8 Å². The molecule has 0 aliphatic carbocycles. The van der Waals surface area contributed by atoms with Gasteiger partial charge in [0.15, 0.2) is 0 Å². The van der Waals surface area contributed by atoms with Crippen molar-refractivity contribution in [1.29, 1.82) is 0 Å². The third kappa shape index (κ3) is 2.68. The van der Waals surface area contributed by atoms with Gasteiger partial charge in [-0.2, -0.15) is 5.10 Å². The van der Waals surface area contributed by atoms with Crippen LogP contribution in [-0.2, 0) is 7.05 Å². The quantitative estimate of drug-likeness (QED) is 0.868. The van der Waals surface area contributed by atoms with Crippen LogP contribution in [0, 0.1) is 0 Å². The van der Waals surface area contributed by atoms with Crippen molar-refractivity contribution in [2.75, 3.05) is 25.5 Å². The maximum atomic E-state index is 12.8. The Bertz CT molecular complexity index is 661. The van der Waals surface area contributed by atoms with E-state index < -0.39 is 0 Å². The predicted molar refractivity (Wildman–Crippen MR) is 84.8 cm³/mol. The Hall–Kier alpha value is -2.37. The van der Waals surface area contributed by atoms with Gasteiger partial charge in [0.05, 0.1) is 17.8 Å². The number of likely N-dealkylation sites (tertiary alicyclic amines) is 1. The highest BCUT2D eigenvalue weighted by Crippen LogP contribution is 2.32. The van der Waals surface area contributed by atoms with E-state index in [2.05, 4.69) is 10.1 Å². The Labute approximate surface area is 130 Å². The molecule has 6 heteroatoms. The highest BCUT2D eigenvalue weighted by Gasteiger charge is 2.31. The van der Waals surface area contributed by atoms with Gasteiger partial charge in [-0.3, -0.25) is 9.48 Å². The first-order valence-electron chi connectivity index (χ1n) is 7.49. The Kier molecular flexibility index (Phi) is 3.83. The van der Waals surface area contributed by atoms with Gasteiger partial charge in [0.1, 0.15) is 5.82 Å². The third-order valence-corrected chi connectivity index (χ3v) is 4.08. The normalized spacial score (nSPS) is 17.8. The second-order valence-electron chi connectivity index (χ2n) is 5.90. The van der Waals surface area contributed by atoms with Crippen molar-refractivity contribution >= 4 is 11.7 Å². The van der Waals surface area contributed by atoms with Gasteiger partial charge in [-0.05, 0) is 25.0 Å². The zero-order valence-corrected chi connectivity index (χ0v) is 13.2. The molecule has 3 heterocycles.